The number of nitrogens with two attached hydrogens (primary N) is 1. The summed E-state index contributed by atoms with van der Waals surface area (Å²) in [6.07, 6.45) is 1.85. The molecule has 1 aromatic rings. The fourth-order valence-corrected chi connectivity index (χ4v) is 2.38. The van der Waals surface area contributed by atoms with E-state index in [1.165, 1.54) is 0 Å². The van der Waals surface area contributed by atoms with Crippen LogP contribution < -0.4 is 10.5 Å². The van der Waals surface area contributed by atoms with E-state index in [1.54, 1.807) is 7.11 Å². The van der Waals surface area contributed by atoms with Gasteiger partial charge in [0.25, 0.3) is 0 Å². The van der Waals surface area contributed by atoms with Crippen LogP contribution in [0.15, 0.2) is 12.1 Å². The maximum absolute atomic E-state index is 12.3. The Morgan fingerprint density at radius 1 is 1.35 bits per heavy atom. The van der Waals surface area contributed by atoms with Crippen LogP contribution in [0.3, 0.4) is 0 Å². The fourth-order valence-electron chi connectivity index (χ4n) is 2.38. The molecule has 0 amide bonds. The molecule has 0 heterocycles. The predicted molar refractivity (Wildman–Crippen MR) is 67.5 cm³/mol. The number of aryl methyl sites for hydroxylation is 2. The van der Waals surface area contributed by atoms with E-state index in [1.807, 2.05) is 26.0 Å². The number of carbonyl (C=O) groups is 1. The predicted octanol–water partition coefficient (Wildman–Crippen LogP) is 2.23. The van der Waals surface area contributed by atoms with Gasteiger partial charge in [0, 0.05) is 17.5 Å². The minimum Gasteiger partial charge on any atom is -0.496 e. The van der Waals surface area contributed by atoms with E-state index < -0.39 is 0 Å². The first-order chi connectivity index (χ1) is 8.04. The Kier molecular flexibility index (Phi) is 2.96. The van der Waals surface area contributed by atoms with Gasteiger partial charge in [-0.25, -0.2) is 0 Å². The molecule has 0 unspecified atom stereocenters. The van der Waals surface area contributed by atoms with Crippen LogP contribution in [0, 0.1) is 19.3 Å². The number of benzene rings is 1. The molecule has 0 aromatic heterocycles. The highest BCUT2D eigenvalue weighted by atomic mass is 16.5. The monoisotopic (exact) mass is 233 g/mol. The molecular formula is C14H19NO2. The smallest absolute Gasteiger partial charge is 0.170 e. The first-order valence-corrected chi connectivity index (χ1v) is 5.94. The third-order valence-corrected chi connectivity index (χ3v) is 3.65. The second kappa shape index (κ2) is 4.15. The van der Waals surface area contributed by atoms with Crippen LogP contribution in [-0.4, -0.2) is 19.4 Å². The second-order valence-electron chi connectivity index (χ2n) is 4.96. The van der Waals surface area contributed by atoms with Crippen LogP contribution in [0.1, 0.15) is 34.3 Å². The number of ketones is 1. The summed E-state index contributed by atoms with van der Waals surface area (Å²) in [7, 11) is 1.65. The number of methoxy groups -OCH3 is 1. The van der Waals surface area contributed by atoms with E-state index >= 15 is 0 Å². The van der Waals surface area contributed by atoms with E-state index in [9.17, 15) is 4.79 Å². The molecular weight excluding hydrogens is 214 g/mol. The highest BCUT2D eigenvalue weighted by molar-refractivity contribution is 6.03. The summed E-state index contributed by atoms with van der Waals surface area (Å²) < 4.78 is 5.30. The quantitative estimate of drug-likeness (QED) is 0.811. The summed E-state index contributed by atoms with van der Waals surface area (Å²) in [6.45, 7) is 4.38. The van der Waals surface area contributed by atoms with Gasteiger partial charge in [0.05, 0.1) is 7.11 Å². The first-order valence-electron chi connectivity index (χ1n) is 5.94. The Labute approximate surface area is 102 Å². The summed E-state index contributed by atoms with van der Waals surface area (Å²) >= 11 is 0. The van der Waals surface area contributed by atoms with E-state index in [0.29, 0.717) is 6.54 Å². The lowest BCUT2D eigenvalue weighted by molar-refractivity contribution is 0.0905. The zero-order valence-corrected chi connectivity index (χ0v) is 10.7. The SMILES string of the molecule is COc1c(C)cc(C(=O)C2(CN)CC2)cc1C. The van der Waals surface area contributed by atoms with Gasteiger partial charge in [-0.05, 0) is 49.9 Å². The zero-order valence-electron chi connectivity index (χ0n) is 10.7. The summed E-state index contributed by atoms with van der Waals surface area (Å²) in [5.74, 6) is 1.05. The molecule has 1 aliphatic carbocycles. The van der Waals surface area contributed by atoms with Crippen molar-refractivity contribution in [3.63, 3.8) is 0 Å². The second-order valence-corrected chi connectivity index (χ2v) is 4.96. The number of ether oxygens (including phenoxy) is 1. The summed E-state index contributed by atoms with van der Waals surface area (Å²) in [5, 5.41) is 0. The molecule has 0 spiro atoms. The summed E-state index contributed by atoms with van der Waals surface area (Å²) in [4.78, 5) is 12.3. The van der Waals surface area contributed by atoms with Crippen molar-refractivity contribution in [1.82, 2.24) is 0 Å². The van der Waals surface area contributed by atoms with Crippen molar-refractivity contribution in [3.05, 3.63) is 28.8 Å². The number of rotatable bonds is 4. The molecule has 0 atom stereocenters. The van der Waals surface area contributed by atoms with Crippen molar-refractivity contribution in [1.29, 1.82) is 0 Å². The van der Waals surface area contributed by atoms with Crippen LogP contribution in [0.5, 0.6) is 5.75 Å². The molecule has 1 fully saturated rings. The lowest BCUT2D eigenvalue weighted by atomic mass is 9.92. The van der Waals surface area contributed by atoms with Gasteiger partial charge in [0.15, 0.2) is 5.78 Å². The standard InChI is InChI=1S/C14H19NO2/c1-9-6-11(7-10(2)12(9)17-3)13(16)14(8-15)4-5-14/h6-7H,4-5,8,15H2,1-3H3. The third kappa shape index (κ3) is 1.95. The fraction of sp³-hybridized carbons (Fsp3) is 0.500. The minimum atomic E-state index is -0.270. The molecule has 2 N–H and O–H groups in total. The molecule has 17 heavy (non-hydrogen) atoms. The Morgan fingerprint density at radius 2 is 1.88 bits per heavy atom. The van der Waals surface area contributed by atoms with Gasteiger partial charge in [-0.15, -0.1) is 0 Å². The molecule has 1 aromatic carbocycles. The van der Waals surface area contributed by atoms with Crippen molar-refractivity contribution >= 4 is 5.78 Å². The van der Waals surface area contributed by atoms with Gasteiger partial charge in [0.2, 0.25) is 0 Å². The average molecular weight is 233 g/mol. The molecule has 0 radical (unpaired) electrons. The molecule has 0 bridgehead atoms. The maximum Gasteiger partial charge on any atom is 0.170 e. The Bertz CT molecular complexity index is 438. The zero-order chi connectivity index (χ0) is 12.6. The van der Waals surface area contributed by atoms with Crippen LogP contribution >= 0.6 is 0 Å². The summed E-state index contributed by atoms with van der Waals surface area (Å²) in [5.41, 5.74) is 8.20. The largest absolute Gasteiger partial charge is 0.496 e. The Balaban J connectivity index is 2.38. The highest BCUT2D eigenvalue weighted by Crippen LogP contribution is 2.47. The lowest BCUT2D eigenvalue weighted by Gasteiger charge is -2.14. The van der Waals surface area contributed by atoms with E-state index in [0.717, 1.165) is 35.3 Å². The summed E-state index contributed by atoms with van der Waals surface area (Å²) in [6, 6.07) is 3.81. The van der Waals surface area contributed by atoms with Gasteiger partial charge in [-0.2, -0.15) is 0 Å². The van der Waals surface area contributed by atoms with Crippen LogP contribution in [0.2, 0.25) is 0 Å². The number of Topliss-reactive ketones (excluding diaryl/α,β-unsaturated/α-hetero) is 1. The molecule has 1 aliphatic rings. The molecule has 3 heteroatoms. The van der Waals surface area contributed by atoms with Gasteiger partial charge >= 0.3 is 0 Å². The molecule has 2 rings (SSSR count). The normalized spacial score (nSPS) is 16.7. The number of hydrogen-bond donors (Lipinski definition) is 1. The first kappa shape index (κ1) is 12.1. The van der Waals surface area contributed by atoms with Crippen LogP contribution in [-0.2, 0) is 0 Å². The lowest BCUT2D eigenvalue weighted by Crippen LogP contribution is -2.25. The van der Waals surface area contributed by atoms with Gasteiger partial charge < -0.3 is 10.5 Å². The van der Waals surface area contributed by atoms with Gasteiger partial charge in [0.1, 0.15) is 5.75 Å². The van der Waals surface area contributed by atoms with Crippen molar-refractivity contribution in [2.75, 3.05) is 13.7 Å². The van der Waals surface area contributed by atoms with Crippen LogP contribution in [0.25, 0.3) is 0 Å². The minimum absolute atomic E-state index is 0.189. The third-order valence-electron chi connectivity index (χ3n) is 3.65. The highest BCUT2D eigenvalue weighted by Gasteiger charge is 2.48. The molecule has 3 nitrogen and oxygen atoms in total. The van der Waals surface area contributed by atoms with Crippen molar-refractivity contribution in [3.8, 4) is 5.75 Å². The van der Waals surface area contributed by atoms with E-state index in [4.69, 9.17) is 10.5 Å². The van der Waals surface area contributed by atoms with E-state index in [2.05, 4.69) is 0 Å². The number of carbonyl (C=O) groups excluding carboxylic acids is 1. The Hall–Kier alpha value is -1.35. The van der Waals surface area contributed by atoms with Crippen LogP contribution in [0.4, 0.5) is 0 Å². The average Bonchev–Trinajstić information content (AvgIpc) is 3.08. The van der Waals surface area contributed by atoms with Crippen molar-refractivity contribution < 1.29 is 9.53 Å². The van der Waals surface area contributed by atoms with E-state index in [-0.39, 0.29) is 11.2 Å². The van der Waals surface area contributed by atoms with Crippen molar-refractivity contribution in [2.24, 2.45) is 11.1 Å². The Morgan fingerprint density at radius 3 is 2.24 bits per heavy atom. The molecule has 0 saturated heterocycles. The topological polar surface area (TPSA) is 52.3 Å². The number of hydrogen-bond acceptors (Lipinski definition) is 3. The molecule has 0 aliphatic heterocycles. The van der Waals surface area contributed by atoms with Gasteiger partial charge in [-0.1, -0.05) is 0 Å². The molecule has 92 valence electrons. The van der Waals surface area contributed by atoms with Crippen molar-refractivity contribution in [2.45, 2.75) is 26.7 Å². The maximum atomic E-state index is 12.3. The van der Waals surface area contributed by atoms with Gasteiger partial charge in [-0.3, -0.25) is 4.79 Å². The molecule has 1 saturated carbocycles.